The van der Waals surface area contributed by atoms with Gasteiger partial charge in [0, 0.05) is 7.11 Å². The molecule has 2 amide bonds. The summed E-state index contributed by atoms with van der Waals surface area (Å²) in [6.07, 6.45) is 0. The van der Waals surface area contributed by atoms with E-state index >= 15 is 0 Å². The third kappa shape index (κ3) is 5.62. The van der Waals surface area contributed by atoms with Crippen molar-refractivity contribution in [3.05, 3.63) is 37.9 Å². The van der Waals surface area contributed by atoms with Crippen LogP contribution in [-0.2, 0) is 19.0 Å². The summed E-state index contributed by atoms with van der Waals surface area (Å²) in [5, 5.41) is 4.31. The molecule has 2 aromatic rings. The van der Waals surface area contributed by atoms with Crippen LogP contribution in [0.1, 0.15) is 40.8 Å². The van der Waals surface area contributed by atoms with Gasteiger partial charge in [-0.2, -0.15) is 0 Å². The second-order valence-electron chi connectivity index (χ2n) is 5.81. The van der Waals surface area contributed by atoms with Gasteiger partial charge in [-0.1, -0.05) is 0 Å². The van der Waals surface area contributed by atoms with Gasteiger partial charge in [0.2, 0.25) is 0 Å². The molecule has 0 fully saturated rings. The van der Waals surface area contributed by atoms with Crippen LogP contribution in [0.2, 0.25) is 0 Å². The molecule has 29 heavy (non-hydrogen) atoms. The van der Waals surface area contributed by atoms with Crippen LogP contribution in [0.5, 0.6) is 0 Å². The standard InChI is InChI=1S/C18H20N2O7S2/c1-9-4-7-28-13(9)18(24)27-8-11(21)20-16-12(17(23)26-6-5-25-3)10(2)14(29-16)15(19)22/h4,7H,5-6,8H2,1-3H3,(H2,19,22)(H,20,21). The fourth-order valence-electron chi connectivity index (χ4n) is 2.31. The summed E-state index contributed by atoms with van der Waals surface area (Å²) in [5.74, 6) is -2.76. The van der Waals surface area contributed by atoms with Gasteiger partial charge in [-0.3, -0.25) is 9.59 Å². The van der Waals surface area contributed by atoms with Crippen molar-refractivity contribution in [2.24, 2.45) is 5.73 Å². The minimum atomic E-state index is -0.737. The Labute approximate surface area is 174 Å². The Bertz CT molecular complexity index is 933. The molecule has 0 unspecified atom stereocenters. The number of methoxy groups -OCH3 is 1. The molecule has 11 heteroatoms. The largest absolute Gasteiger partial charge is 0.460 e. The number of anilines is 1. The van der Waals surface area contributed by atoms with Crippen LogP contribution in [-0.4, -0.2) is 50.7 Å². The Kier molecular flexibility index (Phi) is 7.88. The van der Waals surface area contributed by atoms with Crippen molar-refractivity contribution < 1.29 is 33.4 Å². The summed E-state index contributed by atoms with van der Waals surface area (Å²) in [6.45, 7) is 2.92. The highest BCUT2D eigenvalue weighted by Crippen LogP contribution is 2.33. The third-order valence-electron chi connectivity index (χ3n) is 3.73. The lowest BCUT2D eigenvalue weighted by atomic mass is 10.1. The number of nitrogens with two attached hydrogens (primary N) is 1. The SMILES string of the molecule is COCCOC(=O)c1c(NC(=O)COC(=O)c2sccc2C)sc(C(N)=O)c1C. The summed E-state index contributed by atoms with van der Waals surface area (Å²) in [5.41, 5.74) is 6.41. The van der Waals surface area contributed by atoms with Crippen LogP contribution in [0.4, 0.5) is 5.00 Å². The highest BCUT2D eigenvalue weighted by atomic mass is 32.1. The zero-order valence-electron chi connectivity index (χ0n) is 16.0. The maximum absolute atomic E-state index is 12.4. The number of ether oxygens (including phenoxy) is 3. The molecule has 0 radical (unpaired) electrons. The lowest BCUT2D eigenvalue weighted by Gasteiger charge is -2.08. The number of aryl methyl sites for hydroxylation is 1. The van der Waals surface area contributed by atoms with E-state index in [1.165, 1.54) is 25.4 Å². The number of primary amides is 1. The van der Waals surface area contributed by atoms with E-state index < -0.39 is 30.4 Å². The zero-order chi connectivity index (χ0) is 21.6. The molecule has 3 N–H and O–H groups in total. The van der Waals surface area contributed by atoms with Crippen molar-refractivity contribution in [3.8, 4) is 0 Å². The van der Waals surface area contributed by atoms with Gasteiger partial charge in [0.05, 0.1) is 17.0 Å². The third-order valence-corrected chi connectivity index (χ3v) is 5.95. The summed E-state index contributed by atoms with van der Waals surface area (Å²) >= 11 is 2.06. The minimum Gasteiger partial charge on any atom is -0.460 e. The number of carbonyl (C=O) groups excluding carboxylic acids is 4. The number of hydrogen-bond acceptors (Lipinski definition) is 9. The van der Waals surface area contributed by atoms with Crippen LogP contribution in [0.3, 0.4) is 0 Å². The van der Waals surface area contributed by atoms with Crippen LogP contribution in [0.25, 0.3) is 0 Å². The molecule has 0 aliphatic carbocycles. The summed E-state index contributed by atoms with van der Waals surface area (Å²) < 4.78 is 14.9. The van der Waals surface area contributed by atoms with Gasteiger partial charge in [0.15, 0.2) is 6.61 Å². The maximum Gasteiger partial charge on any atom is 0.349 e. The average Bonchev–Trinajstić information content (AvgIpc) is 3.23. The first kappa shape index (κ1) is 22.5. The maximum atomic E-state index is 12.4. The Morgan fingerprint density at radius 2 is 1.79 bits per heavy atom. The number of amides is 2. The lowest BCUT2D eigenvalue weighted by Crippen LogP contribution is -2.22. The lowest BCUT2D eigenvalue weighted by molar-refractivity contribution is -0.119. The van der Waals surface area contributed by atoms with Crippen molar-refractivity contribution in [2.75, 3.05) is 32.2 Å². The van der Waals surface area contributed by atoms with Gasteiger partial charge in [-0.25, -0.2) is 9.59 Å². The first-order valence-electron chi connectivity index (χ1n) is 8.36. The molecular formula is C18H20N2O7S2. The molecule has 2 aromatic heterocycles. The molecule has 0 spiro atoms. The van der Waals surface area contributed by atoms with Crippen molar-refractivity contribution >= 4 is 51.4 Å². The molecule has 0 aliphatic rings. The first-order valence-corrected chi connectivity index (χ1v) is 10.1. The minimum absolute atomic E-state index is 0.00168. The topological polar surface area (TPSA) is 134 Å². The normalized spacial score (nSPS) is 10.4. The van der Waals surface area contributed by atoms with Gasteiger partial charge in [0.25, 0.3) is 11.8 Å². The Balaban J connectivity index is 2.11. The summed E-state index contributed by atoms with van der Waals surface area (Å²) in [7, 11) is 1.46. The number of esters is 2. The fourth-order valence-corrected chi connectivity index (χ4v) is 4.19. The van der Waals surface area contributed by atoms with Crippen LogP contribution in [0.15, 0.2) is 11.4 Å². The Hall–Kier alpha value is -2.76. The van der Waals surface area contributed by atoms with Crippen LogP contribution in [0, 0.1) is 13.8 Å². The van der Waals surface area contributed by atoms with E-state index in [9.17, 15) is 19.2 Å². The molecule has 2 heterocycles. The Morgan fingerprint density at radius 3 is 2.38 bits per heavy atom. The molecule has 0 aromatic carbocycles. The van der Waals surface area contributed by atoms with E-state index in [1.807, 2.05) is 0 Å². The molecule has 9 nitrogen and oxygen atoms in total. The number of rotatable bonds is 9. The molecule has 156 valence electrons. The average molecular weight is 440 g/mol. The number of nitrogens with one attached hydrogen (secondary N) is 1. The second-order valence-corrected chi connectivity index (χ2v) is 7.75. The van der Waals surface area contributed by atoms with Gasteiger partial charge in [0.1, 0.15) is 16.5 Å². The number of thiophene rings is 2. The van der Waals surface area contributed by atoms with Crippen LogP contribution >= 0.6 is 22.7 Å². The van der Waals surface area contributed by atoms with Gasteiger partial charge in [-0.05, 0) is 36.4 Å². The molecule has 0 saturated carbocycles. The molecule has 0 bridgehead atoms. The monoisotopic (exact) mass is 440 g/mol. The summed E-state index contributed by atoms with van der Waals surface area (Å²) in [4.78, 5) is 48.8. The highest BCUT2D eigenvalue weighted by molar-refractivity contribution is 7.18. The van der Waals surface area contributed by atoms with Gasteiger partial charge >= 0.3 is 11.9 Å². The van der Waals surface area contributed by atoms with Crippen molar-refractivity contribution in [1.29, 1.82) is 0 Å². The van der Waals surface area contributed by atoms with Gasteiger partial charge < -0.3 is 25.3 Å². The van der Waals surface area contributed by atoms with Crippen molar-refractivity contribution in [2.45, 2.75) is 13.8 Å². The van der Waals surface area contributed by atoms with Crippen molar-refractivity contribution in [3.63, 3.8) is 0 Å². The highest BCUT2D eigenvalue weighted by Gasteiger charge is 2.26. The van der Waals surface area contributed by atoms with E-state index in [2.05, 4.69) is 5.32 Å². The predicted octanol–water partition coefficient (Wildman–Crippen LogP) is 2.12. The Morgan fingerprint density at radius 1 is 1.07 bits per heavy atom. The molecule has 0 atom stereocenters. The number of carbonyl (C=O) groups is 4. The predicted molar refractivity (Wildman–Crippen MR) is 108 cm³/mol. The van der Waals surface area contributed by atoms with E-state index in [0.717, 1.165) is 16.9 Å². The molecule has 2 rings (SSSR count). The smallest absolute Gasteiger partial charge is 0.349 e. The fraction of sp³-hybridized carbons (Fsp3) is 0.333. The summed E-state index contributed by atoms with van der Waals surface area (Å²) in [6, 6.07) is 1.77. The van der Waals surface area contributed by atoms with E-state index in [0.29, 0.717) is 10.4 Å². The van der Waals surface area contributed by atoms with E-state index in [1.54, 1.807) is 18.4 Å². The zero-order valence-corrected chi connectivity index (χ0v) is 17.7. The number of hydrogen-bond donors (Lipinski definition) is 2. The van der Waals surface area contributed by atoms with E-state index in [4.69, 9.17) is 19.9 Å². The van der Waals surface area contributed by atoms with Crippen LogP contribution < -0.4 is 11.1 Å². The first-order chi connectivity index (χ1) is 13.8. The van der Waals surface area contributed by atoms with Gasteiger partial charge in [-0.15, -0.1) is 22.7 Å². The molecule has 0 aliphatic heterocycles. The molecule has 0 saturated heterocycles. The van der Waals surface area contributed by atoms with E-state index in [-0.39, 0.29) is 28.7 Å². The second kappa shape index (κ2) is 10.1. The van der Waals surface area contributed by atoms with Crippen molar-refractivity contribution in [1.82, 2.24) is 0 Å². The molecular weight excluding hydrogens is 420 g/mol. The quantitative estimate of drug-likeness (QED) is 0.450.